The van der Waals surface area contributed by atoms with Gasteiger partial charge in [-0.1, -0.05) is 42.5 Å². The van der Waals surface area contributed by atoms with E-state index < -0.39 is 10.8 Å². The lowest BCUT2D eigenvalue weighted by Crippen LogP contribution is -2.46. The molecule has 0 aliphatic heterocycles. The van der Waals surface area contributed by atoms with E-state index in [9.17, 15) is 9.00 Å². The van der Waals surface area contributed by atoms with Crippen molar-refractivity contribution in [2.24, 2.45) is 0 Å². The molecule has 2 N–H and O–H groups in total. The van der Waals surface area contributed by atoms with Gasteiger partial charge in [0, 0.05) is 34.9 Å². The summed E-state index contributed by atoms with van der Waals surface area (Å²) in [6.07, 6.45) is 2.41. The molecule has 0 aliphatic carbocycles. The van der Waals surface area contributed by atoms with Crippen molar-refractivity contribution in [2.75, 3.05) is 12.0 Å². The first-order valence-corrected chi connectivity index (χ1v) is 9.51. The van der Waals surface area contributed by atoms with Crippen LogP contribution in [0.1, 0.15) is 19.4 Å². The first-order valence-electron chi connectivity index (χ1n) is 7.79. The topological polar surface area (TPSA) is 58.2 Å². The highest BCUT2D eigenvalue weighted by Crippen LogP contribution is 2.16. The van der Waals surface area contributed by atoms with Gasteiger partial charge in [-0.15, -0.1) is 0 Å². The molecule has 0 spiro atoms. The molecule has 2 amide bonds. The van der Waals surface area contributed by atoms with E-state index in [1.54, 1.807) is 6.26 Å². The van der Waals surface area contributed by atoms with Crippen LogP contribution < -0.4 is 10.6 Å². The van der Waals surface area contributed by atoms with Gasteiger partial charge in [0.1, 0.15) is 0 Å². The Bertz CT molecular complexity index is 702. The van der Waals surface area contributed by atoms with Gasteiger partial charge in [-0.3, -0.25) is 4.21 Å². The number of hydrogen-bond acceptors (Lipinski definition) is 2. The molecule has 124 valence electrons. The predicted octanol–water partition coefficient (Wildman–Crippen LogP) is 2.84. The summed E-state index contributed by atoms with van der Waals surface area (Å²) in [7, 11) is -0.912. The molecular formula is C18H24N2O2S. The van der Waals surface area contributed by atoms with Gasteiger partial charge in [0.25, 0.3) is 0 Å². The minimum Gasteiger partial charge on any atom is -0.335 e. The molecule has 4 nitrogen and oxygen atoms in total. The Balaban J connectivity index is 1.89. The molecular weight excluding hydrogens is 308 g/mol. The molecule has 2 rings (SSSR count). The maximum Gasteiger partial charge on any atom is 0.315 e. The van der Waals surface area contributed by atoms with Crippen molar-refractivity contribution >= 4 is 27.6 Å². The Labute approximate surface area is 140 Å². The Kier molecular flexibility index (Phi) is 6.16. The molecule has 0 fully saturated rings. The second kappa shape index (κ2) is 8.11. The van der Waals surface area contributed by atoms with Gasteiger partial charge >= 0.3 is 6.03 Å². The summed E-state index contributed by atoms with van der Waals surface area (Å²) in [6, 6.07) is 14.3. The van der Waals surface area contributed by atoms with Gasteiger partial charge < -0.3 is 10.6 Å². The number of rotatable bonds is 6. The van der Waals surface area contributed by atoms with E-state index in [4.69, 9.17) is 0 Å². The molecule has 2 aromatic carbocycles. The van der Waals surface area contributed by atoms with Crippen LogP contribution in [-0.2, 0) is 17.2 Å². The van der Waals surface area contributed by atoms with Gasteiger partial charge in [-0.05, 0) is 36.6 Å². The molecule has 5 heteroatoms. The van der Waals surface area contributed by atoms with Gasteiger partial charge in [-0.25, -0.2) is 4.79 Å². The van der Waals surface area contributed by atoms with Crippen molar-refractivity contribution in [3.05, 3.63) is 48.0 Å². The largest absolute Gasteiger partial charge is 0.335 e. The van der Waals surface area contributed by atoms with Crippen LogP contribution >= 0.6 is 0 Å². The second-order valence-corrected chi connectivity index (χ2v) is 7.53. The smallest absolute Gasteiger partial charge is 0.315 e. The van der Waals surface area contributed by atoms with E-state index in [1.165, 1.54) is 16.3 Å². The lowest BCUT2D eigenvalue weighted by atomic mass is 10.0. The second-order valence-electron chi connectivity index (χ2n) is 6.05. The first-order chi connectivity index (χ1) is 10.9. The zero-order chi connectivity index (χ0) is 16.8. The van der Waals surface area contributed by atoms with Crippen molar-refractivity contribution in [1.29, 1.82) is 0 Å². The Morgan fingerprint density at radius 2 is 1.70 bits per heavy atom. The predicted molar refractivity (Wildman–Crippen MR) is 97.2 cm³/mol. The highest BCUT2D eigenvalue weighted by atomic mass is 32.2. The molecule has 0 aromatic heterocycles. The summed E-state index contributed by atoms with van der Waals surface area (Å²) in [5.74, 6) is 0.465. The van der Waals surface area contributed by atoms with Gasteiger partial charge in [0.2, 0.25) is 0 Å². The zero-order valence-electron chi connectivity index (χ0n) is 13.8. The van der Waals surface area contributed by atoms with E-state index in [0.29, 0.717) is 5.75 Å². The number of benzene rings is 2. The molecule has 0 aliphatic rings. The van der Waals surface area contributed by atoms with Crippen molar-refractivity contribution in [2.45, 2.75) is 32.4 Å². The van der Waals surface area contributed by atoms with Crippen molar-refractivity contribution in [3.8, 4) is 0 Å². The quantitative estimate of drug-likeness (QED) is 0.854. The van der Waals surface area contributed by atoms with Crippen LogP contribution in [-0.4, -0.2) is 34.3 Å². The molecule has 0 heterocycles. The van der Waals surface area contributed by atoms with Gasteiger partial charge in [-0.2, -0.15) is 0 Å². The minimum atomic E-state index is -0.912. The Morgan fingerprint density at radius 1 is 1.04 bits per heavy atom. The van der Waals surface area contributed by atoms with Crippen LogP contribution in [0.5, 0.6) is 0 Å². The molecule has 2 aromatic rings. The molecule has 0 saturated heterocycles. The van der Waals surface area contributed by atoms with Gasteiger partial charge in [0.15, 0.2) is 0 Å². The molecule has 0 radical (unpaired) electrons. The minimum absolute atomic E-state index is 0.0236. The summed E-state index contributed by atoms with van der Waals surface area (Å²) < 4.78 is 11.1. The van der Waals surface area contributed by atoms with Crippen LogP contribution in [0.3, 0.4) is 0 Å². The lowest BCUT2D eigenvalue weighted by Gasteiger charge is -2.18. The highest BCUT2D eigenvalue weighted by molar-refractivity contribution is 7.84. The van der Waals surface area contributed by atoms with Crippen LogP contribution in [0.2, 0.25) is 0 Å². The average Bonchev–Trinajstić information content (AvgIpc) is 2.45. The highest BCUT2D eigenvalue weighted by Gasteiger charge is 2.12. The molecule has 3 atom stereocenters. The fourth-order valence-electron chi connectivity index (χ4n) is 2.65. The zero-order valence-corrected chi connectivity index (χ0v) is 14.7. The number of nitrogens with one attached hydrogen (secondary N) is 2. The van der Waals surface area contributed by atoms with E-state index in [0.717, 1.165) is 6.42 Å². The van der Waals surface area contributed by atoms with E-state index >= 15 is 0 Å². The summed E-state index contributed by atoms with van der Waals surface area (Å²) >= 11 is 0. The third-order valence-corrected chi connectivity index (χ3v) is 4.56. The standard InChI is InChI=1S/C18H24N2O2S/c1-13(19-18(21)20-14(2)12-23(3)22)10-15-8-9-16-6-4-5-7-17(16)11-15/h4-9,11,13-14H,10,12H2,1-3H3,(H2,19,20,21)/t13-,14-,23+/m1/s1. The summed E-state index contributed by atoms with van der Waals surface area (Å²) in [4.78, 5) is 11.9. The molecule has 0 saturated carbocycles. The Hall–Kier alpha value is -1.88. The van der Waals surface area contributed by atoms with E-state index in [2.05, 4.69) is 41.0 Å². The maximum atomic E-state index is 11.9. The number of amides is 2. The fraction of sp³-hybridized carbons (Fsp3) is 0.389. The van der Waals surface area contributed by atoms with Crippen LogP contribution in [0, 0.1) is 0 Å². The van der Waals surface area contributed by atoms with Gasteiger partial charge in [0.05, 0.1) is 0 Å². The summed E-state index contributed by atoms with van der Waals surface area (Å²) in [5.41, 5.74) is 1.19. The summed E-state index contributed by atoms with van der Waals surface area (Å²) in [5, 5.41) is 8.17. The average molecular weight is 332 g/mol. The van der Waals surface area contributed by atoms with E-state index in [1.807, 2.05) is 26.0 Å². The van der Waals surface area contributed by atoms with Crippen LogP contribution in [0.4, 0.5) is 4.79 Å². The van der Waals surface area contributed by atoms with Crippen molar-refractivity contribution in [1.82, 2.24) is 10.6 Å². The van der Waals surface area contributed by atoms with E-state index in [-0.39, 0.29) is 18.1 Å². The fourth-order valence-corrected chi connectivity index (χ4v) is 3.44. The van der Waals surface area contributed by atoms with Crippen LogP contribution in [0.25, 0.3) is 10.8 Å². The molecule has 0 unspecified atom stereocenters. The SMILES string of the molecule is C[C@H](Cc1ccc2ccccc2c1)NC(=O)N[C@H](C)C[S@](C)=O. The molecule has 0 bridgehead atoms. The third-order valence-electron chi connectivity index (χ3n) is 3.60. The van der Waals surface area contributed by atoms with Crippen molar-refractivity contribution < 1.29 is 9.00 Å². The summed E-state index contributed by atoms with van der Waals surface area (Å²) in [6.45, 7) is 3.84. The maximum absolute atomic E-state index is 11.9. The van der Waals surface area contributed by atoms with Crippen molar-refractivity contribution in [3.63, 3.8) is 0 Å². The monoisotopic (exact) mass is 332 g/mol. The number of fused-ring (bicyclic) bond motifs is 1. The number of hydrogen-bond donors (Lipinski definition) is 2. The normalized spacial score (nSPS) is 14.9. The number of urea groups is 1. The molecule has 23 heavy (non-hydrogen) atoms. The number of carbonyl (C=O) groups is 1. The third kappa shape index (κ3) is 5.67. The Morgan fingerprint density at radius 3 is 2.39 bits per heavy atom. The first kappa shape index (κ1) is 17.5. The van der Waals surface area contributed by atoms with Crippen LogP contribution in [0.15, 0.2) is 42.5 Å². The number of carbonyl (C=O) groups excluding carboxylic acids is 1. The lowest BCUT2D eigenvalue weighted by molar-refractivity contribution is 0.235.